The minimum absolute atomic E-state index is 0.284. The van der Waals surface area contributed by atoms with Gasteiger partial charge in [-0.25, -0.2) is 10.9 Å². The van der Waals surface area contributed by atoms with Crippen molar-refractivity contribution in [3.05, 3.63) is 60.2 Å². The van der Waals surface area contributed by atoms with Crippen molar-refractivity contribution in [3.63, 3.8) is 0 Å². The highest BCUT2D eigenvalue weighted by Gasteiger charge is 2.21. The molecule has 0 fully saturated rings. The first-order chi connectivity index (χ1) is 13.9. The molecule has 2 heterocycles. The summed E-state index contributed by atoms with van der Waals surface area (Å²) in [4.78, 5) is 32.6. The molecule has 152 valence electrons. The molecule has 0 aliphatic carbocycles. The zero-order valence-electron chi connectivity index (χ0n) is 16.8. The number of rotatable bonds is 8. The largest absolute Gasteiger partial charge is 0.272 e. The Morgan fingerprint density at radius 1 is 0.862 bits per heavy atom. The third-order valence-corrected chi connectivity index (χ3v) is 5.22. The molecule has 2 N–H and O–H groups in total. The molecule has 0 radical (unpaired) electrons. The molecule has 0 aliphatic rings. The lowest BCUT2D eigenvalue weighted by atomic mass is 10.2. The van der Waals surface area contributed by atoms with E-state index in [1.54, 1.807) is 64.6 Å². The van der Waals surface area contributed by atoms with Crippen LogP contribution in [0.1, 0.15) is 38.8 Å². The number of hydrazone groups is 2. The number of aromatic nitrogens is 2. The smallest absolute Gasteiger partial charge is 0.252 e. The number of carbonyl (C=O) groups excluding carboxylic acids is 2. The molecule has 8 nitrogen and oxygen atoms in total. The highest BCUT2D eigenvalue weighted by atomic mass is 32.2. The highest BCUT2D eigenvalue weighted by molar-refractivity contribution is 8.01. The Morgan fingerprint density at radius 3 is 1.62 bits per heavy atom. The van der Waals surface area contributed by atoms with E-state index < -0.39 is 10.5 Å². The predicted octanol–water partition coefficient (Wildman–Crippen LogP) is 2.37. The van der Waals surface area contributed by atoms with Gasteiger partial charge in [0.05, 0.1) is 21.9 Å². The standard InChI is InChI=1S/C20H24N6O2S/c1-13(17-7-5-9-21-11-17)23-25-19(27)15(3)29-16(4)20(28)26-24-14(2)18-8-6-10-22-12-18/h5-12,15-16H,1-4H3,(H,25,27)(H,26,28)/b23-13+,24-14+/t15-,16-/m0/s1. The fraction of sp³-hybridized carbons (Fsp3) is 0.300. The second-order valence-corrected chi connectivity index (χ2v) is 7.94. The number of hydrogen-bond donors (Lipinski definition) is 2. The molecule has 0 bridgehead atoms. The summed E-state index contributed by atoms with van der Waals surface area (Å²) >= 11 is 1.22. The second kappa shape index (κ2) is 11.1. The molecule has 2 amide bonds. The number of nitrogens with zero attached hydrogens (tertiary/aromatic N) is 4. The van der Waals surface area contributed by atoms with Crippen LogP contribution < -0.4 is 10.9 Å². The summed E-state index contributed by atoms with van der Waals surface area (Å²) in [5.41, 5.74) is 8.00. The van der Waals surface area contributed by atoms with Crippen LogP contribution in [0.25, 0.3) is 0 Å². The average molecular weight is 413 g/mol. The number of pyridine rings is 2. The van der Waals surface area contributed by atoms with Crippen molar-refractivity contribution >= 4 is 35.0 Å². The minimum Gasteiger partial charge on any atom is -0.272 e. The summed E-state index contributed by atoms with van der Waals surface area (Å²) in [5, 5.41) is 7.26. The van der Waals surface area contributed by atoms with Crippen molar-refractivity contribution < 1.29 is 9.59 Å². The molecule has 9 heteroatoms. The van der Waals surface area contributed by atoms with Gasteiger partial charge in [0.15, 0.2) is 0 Å². The Kier molecular flexibility index (Phi) is 8.47. The SMILES string of the molecule is C/C(=N\NC(=O)[C@H](C)S[C@@H](C)C(=O)N/N=C(\C)c1cccnc1)c1cccnc1. The Labute approximate surface area is 174 Å². The summed E-state index contributed by atoms with van der Waals surface area (Å²) in [6.45, 7) is 7.02. The van der Waals surface area contributed by atoms with Gasteiger partial charge in [0.1, 0.15) is 0 Å². The first-order valence-electron chi connectivity index (χ1n) is 9.03. The number of carbonyl (C=O) groups is 2. The van der Waals surface area contributed by atoms with Gasteiger partial charge >= 0.3 is 0 Å². The van der Waals surface area contributed by atoms with Crippen molar-refractivity contribution in [3.8, 4) is 0 Å². The predicted molar refractivity (Wildman–Crippen MR) is 116 cm³/mol. The summed E-state index contributed by atoms with van der Waals surface area (Å²) in [6, 6.07) is 7.31. The fourth-order valence-electron chi connectivity index (χ4n) is 2.17. The molecule has 2 aromatic rings. The Hall–Kier alpha value is -3.07. The third-order valence-electron chi connectivity index (χ3n) is 3.97. The van der Waals surface area contributed by atoms with E-state index in [9.17, 15) is 9.59 Å². The molecule has 0 saturated carbocycles. The lowest BCUT2D eigenvalue weighted by molar-refractivity contribution is -0.120. The van der Waals surface area contributed by atoms with Crippen LogP contribution in [-0.2, 0) is 9.59 Å². The summed E-state index contributed by atoms with van der Waals surface area (Å²) in [6.07, 6.45) is 6.68. The summed E-state index contributed by atoms with van der Waals surface area (Å²) < 4.78 is 0. The normalized spacial score (nSPS) is 14.1. The maximum atomic E-state index is 12.3. The number of hydrogen-bond acceptors (Lipinski definition) is 7. The third kappa shape index (κ3) is 7.11. The van der Waals surface area contributed by atoms with Gasteiger partial charge in [0.25, 0.3) is 11.8 Å². The lowest BCUT2D eigenvalue weighted by Gasteiger charge is -2.15. The molecule has 0 aromatic carbocycles. The molecule has 0 aliphatic heterocycles. The molecule has 0 spiro atoms. The number of nitrogens with one attached hydrogen (secondary N) is 2. The van der Waals surface area contributed by atoms with Crippen molar-refractivity contribution in [1.29, 1.82) is 0 Å². The Morgan fingerprint density at radius 2 is 1.28 bits per heavy atom. The highest BCUT2D eigenvalue weighted by Crippen LogP contribution is 2.18. The summed E-state index contributed by atoms with van der Waals surface area (Å²) in [5.74, 6) is -0.569. The quantitative estimate of drug-likeness (QED) is 0.511. The molecule has 2 aromatic heterocycles. The number of thioether (sulfide) groups is 1. The Balaban J connectivity index is 1.84. The fourth-order valence-corrected chi connectivity index (χ4v) is 3.14. The molecular formula is C20H24N6O2S. The van der Waals surface area contributed by atoms with Crippen LogP contribution in [0.5, 0.6) is 0 Å². The van der Waals surface area contributed by atoms with Crippen molar-refractivity contribution in [2.45, 2.75) is 38.2 Å². The van der Waals surface area contributed by atoms with Gasteiger partial charge in [-0.1, -0.05) is 12.1 Å². The molecule has 29 heavy (non-hydrogen) atoms. The maximum absolute atomic E-state index is 12.3. The zero-order valence-corrected chi connectivity index (χ0v) is 17.6. The van der Waals surface area contributed by atoms with Crippen LogP contribution in [0, 0.1) is 0 Å². The monoisotopic (exact) mass is 412 g/mol. The van der Waals surface area contributed by atoms with Gasteiger partial charge < -0.3 is 0 Å². The molecule has 2 atom stereocenters. The minimum atomic E-state index is -0.468. The van der Waals surface area contributed by atoms with Gasteiger partial charge in [-0.15, -0.1) is 11.8 Å². The van der Waals surface area contributed by atoms with E-state index >= 15 is 0 Å². The van der Waals surface area contributed by atoms with E-state index in [2.05, 4.69) is 31.0 Å². The van der Waals surface area contributed by atoms with Crippen molar-refractivity contribution in [1.82, 2.24) is 20.8 Å². The molecule has 0 saturated heterocycles. The maximum Gasteiger partial charge on any atom is 0.252 e. The Bertz CT molecular complexity index is 813. The van der Waals surface area contributed by atoms with Crippen LogP contribution in [0.2, 0.25) is 0 Å². The van der Waals surface area contributed by atoms with E-state index in [4.69, 9.17) is 0 Å². The first kappa shape index (κ1) is 22.2. The van der Waals surface area contributed by atoms with Gasteiger partial charge in [0.2, 0.25) is 0 Å². The molecular weight excluding hydrogens is 388 g/mol. The van der Waals surface area contributed by atoms with Crippen LogP contribution in [0.3, 0.4) is 0 Å². The topological polar surface area (TPSA) is 109 Å². The van der Waals surface area contributed by atoms with E-state index in [-0.39, 0.29) is 11.8 Å². The van der Waals surface area contributed by atoms with E-state index in [1.807, 2.05) is 12.1 Å². The van der Waals surface area contributed by atoms with E-state index in [1.165, 1.54) is 11.8 Å². The number of amides is 2. The van der Waals surface area contributed by atoms with Crippen LogP contribution in [-0.4, -0.2) is 43.7 Å². The molecule has 0 unspecified atom stereocenters. The average Bonchev–Trinajstić information content (AvgIpc) is 2.76. The van der Waals surface area contributed by atoms with Crippen molar-refractivity contribution in [2.24, 2.45) is 10.2 Å². The summed E-state index contributed by atoms with van der Waals surface area (Å²) in [7, 11) is 0. The van der Waals surface area contributed by atoms with Crippen molar-refractivity contribution in [2.75, 3.05) is 0 Å². The van der Waals surface area contributed by atoms with Crippen LogP contribution in [0.15, 0.2) is 59.3 Å². The van der Waals surface area contributed by atoms with Crippen LogP contribution in [0.4, 0.5) is 0 Å². The lowest BCUT2D eigenvalue weighted by Crippen LogP contribution is -2.33. The van der Waals surface area contributed by atoms with Crippen LogP contribution >= 0.6 is 11.8 Å². The van der Waals surface area contributed by atoms with E-state index in [0.29, 0.717) is 11.4 Å². The van der Waals surface area contributed by atoms with Gasteiger partial charge in [-0.2, -0.15) is 10.2 Å². The zero-order chi connectivity index (χ0) is 21.2. The molecule has 2 rings (SSSR count). The van der Waals surface area contributed by atoms with Gasteiger partial charge in [-0.05, 0) is 39.8 Å². The first-order valence-corrected chi connectivity index (χ1v) is 9.97. The van der Waals surface area contributed by atoms with Gasteiger partial charge in [-0.3, -0.25) is 19.6 Å². The van der Waals surface area contributed by atoms with Gasteiger partial charge in [0, 0.05) is 35.9 Å². The second-order valence-electron chi connectivity index (χ2n) is 6.25. The van der Waals surface area contributed by atoms with E-state index in [0.717, 1.165) is 11.1 Å².